The van der Waals surface area contributed by atoms with Gasteiger partial charge in [0.1, 0.15) is 0 Å². The zero-order valence-corrected chi connectivity index (χ0v) is 19.8. The first-order valence-corrected chi connectivity index (χ1v) is 12.6. The van der Waals surface area contributed by atoms with Crippen LogP contribution in [-0.4, -0.2) is 19.2 Å². The highest BCUT2D eigenvalue weighted by molar-refractivity contribution is 7.89. The lowest BCUT2D eigenvalue weighted by Crippen LogP contribution is -2.23. The van der Waals surface area contributed by atoms with Gasteiger partial charge in [0.05, 0.1) is 16.0 Å². The number of hydrogen-bond donors (Lipinski definition) is 2. The molecule has 1 heterocycles. The van der Waals surface area contributed by atoms with E-state index in [1.165, 1.54) is 11.3 Å². The van der Waals surface area contributed by atoms with Crippen LogP contribution < -0.4 is 10.0 Å². The lowest BCUT2D eigenvalue weighted by molar-refractivity contribution is 0.104. The molecule has 0 aliphatic rings. The Hall–Kier alpha value is -3.33. The van der Waals surface area contributed by atoms with Gasteiger partial charge in [-0.15, -0.1) is 0 Å². The molecule has 4 rings (SSSR count). The van der Waals surface area contributed by atoms with Crippen LogP contribution in [0.3, 0.4) is 0 Å². The molecule has 33 heavy (non-hydrogen) atoms. The van der Waals surface area contributed by atoms with Gasteiger partial charge < -0.3 is 5.32 Å². The number of thiazole rings is 1. The molecule has 0 aliphatic carbocycles. The summed E-state index contributed by atoms with van der Waals surface area (Å²) in [7, 11) is -3.59. The number of nitrogens with zero attached hydrogens (tertiary/aromatic N) is 1. The van der Waals surface area contributed by atoms with Crippen molar-refractivity contribution >= 4 is 38.0 Å². The number of aryl methyl sites for hydroxylation is 2. The molecule has 4 aromatic rings. The highest BCUT2D eigenvalue weighted by Crippen LogP contribution is 2.25. The first-order valence-electron chi connectivity index (χ1n) is 10.3. The van der Waals surface area contributed by atoms with Crippen LogP contribution in [-0.2, 0) is 16.6 Å². The van der Waals surface area contributed by atoms with Gasteiger partial charge in [0.25, 0.3) is 0 Å². The van der Waals surface area contributed by atoms with Crippen molar-refractivity contribution in [2.75, 3.05) is 5.32 Å². The Morgan fingerprint density at radius 1 is 0.909 bits per heavy atom. The summed E-state index contributed by atoms with van der Waals surface area (Å²) in [5.41, 5.74) is 3.93. The third-order valence-electron chi connectivity index (χ3n) is 5.17. The van der Waals surface area contributed by atoms with Crippen LogP contribution in [0.15, 0.2) is 83.9 Å². The smallest absolute Gasteiger partial charge is 0.241 e. The summed E-state index contributed by atoms with van der Waals surface area (Å²) in [6.45, 7) is 3.87. The fraction of sp³-hybridized carbons (Fsp3) is 0.120. The molecule has 0 atom stereocenters. The number of hydrogen-bond acceptors (Lipinski definition) is 6. The Morgan fingerprint density at radius 3 is 2.27 bits per heavy atom. The van der Waals surface area contributed by atoms with Crippen molar-refractivity contribution in [2.45, 2.75) is 25.3 Å². The SMILES string of the molecule is Cc1ccccc1C(=O)c1cnc(Nc2ccc(CNS(=O)(=O)c3ccccc3C)cc2)s1. The van der Waals surface area contributed by atoms with Crippen LogP contribution in [0.2, 0.25) is 0 Å². The standard InChI is InChI=1S/C25H23N3O3S2/c1-17-7-3-5-9-21(17)24(29)22-16-26-25(32-22)28-20-13-11-19(12-14-20)15-27-33(30,31)23-10-6-4-8-18(23)2/h3-14,16,27H,15H2,1-2H3,(H,26,28). The number of ketones is 1. The van der Waals surface area contributed by atoms with E-state index in [2.05, 4.69) is 15.0 Å². The fourth-order valence-electron chi connectivity index (χ4n) is 3.34. The Morgan fingerprint density at radius 2 is 1.58 bits per heavy atom. The second kappa shape index (κ2) is 9.66. The van der Waals surface area contributed by atoms with Crippen LogP contribution in [0.25, 0.3) is 0 Å². The normalized spacial score (nSPS) is 11.3. The van der Waals surface area contributed by atoms with Gasteiger partial charge in [-0.05, 0) is 48.7 Å². The Bertz CT molecular complexity index is 1390. The molecule has 6 nitrogen and oxygen atoms in total. The molecule has 0 unspecified atom stereocenters. The quantitative estimate of drug-likeness (QED) is 0.340. The number of anilines is 2. The van der Waals surface area contributed by atoms with Gasteiger partial charge in [-0.25, -0.2) is 18.1 Å². The maximum absolute atomic E-state index is 12.7. The lowest BCUT2D eigenvalue weighted by Gasteiger charge is -2.10. The topological polar surface area (TPSA) is 88.2 Å². The zero-order chi connectivity index (χ0) is 23.4. The summed E-state index contributed by atoms with van der Waals surface area (Å²) in [6.07, 6.45) is 1.58. The molecule has 2 N–H and O–H groups in total. The molecule has 0 saturated heterocycles. The Balaban J connectivity index is 1.39. The van der Waals surface area contributed by atoms with E-state index in [0.717, 1.165) is 16.8 Å². The zero-order valence-electron chi connectivity index (χ0n) is 18.2. The van der Waals surface area contributed by atoms with E-state index in [-0.39, 0.29) is 17.2 Å². The van der Waals surface area contributed by atoms with E-state index in [0.29, 0.717) is 21.1 Å². The summed E-state index contributed by atoms with van der Waals surface area (Å²) >= 11 is 1.29. The van der Waals surface area contributed by atoms with E-state index in [1.54, 1.807) is 31.3 Å². The van der Waals surface area contributed by atoms with Crippen molar-refractivity contribution in [3.8, 4) is 0 Å². The second-order valence-electron chi connectivity index (χ2n) is 7.59. The maximum atomic E-state index is 12.7. The van der Waals surface area contributed by atoms with Crippen LogP contribution >= 0.6 is 11.3 Å². The van der Waals surface area contributed by atoms with Gasteiger partial charge >= 0.3 is 0 Å². The van der Waals surface area contributed by atoms with Crippen molar-refractivity contribution in [1.29, 1.82) is 0 Å². The highest BCUT2D eigenvalue weighted by Gasteiger charge is 2.16. The number of benzene rings is 3. The molecule has 0 fully saturated rings. The molecule has 0 spiro atoms. The van der Waals surface area contributed by atoms with Gasteiger partial charge in [-0.3, -0.25) is 4.79 Å². The number of carbonyl (C=O) groups is 1. The molecule has 3 aromatic carbocycles. The Kier molecular flexibility index (Phi) is 6.69. The Labute approximate surface area is 197 Å². The van der Waals surface area contributed by atoms with Crippen LogP contribution in [0.4, 0.5) is 10.8 Å². The number of rotatable bonds is 8. The van der Waals surface area contributed by atoms with Crippen molar-refractivity contribution in [2.24, 2.45) is 0 Å². The predicted octanol–water partition coefficient (Wildman–Crippen LogP) is 5.21. The molecule has 0 bridgehead atoms. The van der Waals surface area contributed by atoms with Gasteiger partial charge in [0.2, 0.25) is 15.8 Å². The lowest BCUT2D eigenvalue weighted by atomic mass is 10.0. The van der Waals surface area contributed by atoms with E-state index in [9.17, 15) is 13.2 Å². The van der Waals surface area contributed by atoms with Gasteiger partial charge in [-0.2, -0.15) is 0 Å². The average molecular weight is 478 g/mol. The third kappa shape index (κ3) is 5.36. The molecule has 0 saturated carbocycles. The number of nitrogens with one attached hydrogen (secondary N) is 2. The summed E-state index contributed by atoms with van der Waals surface area (Å²) in [6, 6.07) is 21.8. The fourth-order valence-corrected chi connectivity index (χ4v) is 5.39. The molecular formula is C25H23N3O3S2. The first kappa shape index (κ1) is 22.8. The first-order chi connectivity index (χ1) is 15.8. The minimum absolute atomic E-state index is 0.0464. The van der Waals surface area contributed by atoms with Crippen molar-refractivity contribution in [3.63, 3.8) is 0 Å². The van der Waals surface area contributed by atoms with E-state index >= 15 is 0 Å². The molecule has 0 radical (unpaired) electrons. The second-order valence-corrected chi connectivity index (χ2v) is 10.4. The van der Waals surface area contributed by atoms with Crippen molar-refractivity contribution in [3.05, 3.63) is 106 Å². The number of aromatic nitrogens is 1. The van der Waals surface area contributed by atoms with Crippen molar-refractivity contribution in [1.82, 2.24) is 9.71 Å². The van der Waals surface area contributed by atoms with Crippen LogP contribution in [0, 0.1) is 13.8 Å². The summed E-state index contributed by atoms with van der Waals surface area (Å²) in [5.74, 6) is -0.0464. The number of carbonyl (C=O) groups excluding carboxylic acids is 1. The minimum atomic E-state index is -3.59. The van der Waals surface area contributed by atoms with E-state index in [4.69, 9.17) is 0 Å². The summed E-state index contributed by atoms with van der Waals surface area (Å²) < 4.78 is 27.8. The monoisotopic (exact) mass is 477 g/mol. The van der Waals surface area contributed by atoms with Crippen LogP contribution in [0.1, 0.15) is 31.9 Å². The molecule has 168 valence electrons. The van der Waals surface area contributed by atoms with Gasteiger partial charge in [0, 0.05) is 17.8 Å². The number of sulfonamides is 1. The maximum Gasteiger partial charge on any atom is 0.241 e. The van der Waals surface area contributed by atoms with Gasteiger partial charge in [-0.1, -0.05) is 65.9 Å². The molecule has 0 aliphatic heterocycles. The molecular weight excluding hydrogens is 454 g/mol. The minimum Gasteiger partial charge on any atom is -0.332 e. The third-order valence-corrected chi connectivity index (χ3v) is 7.65. The van der Waals surface area contributed by atoms with Crippen LogP contribution in [0.5, 0.6) is 0 Å². The van der Waals surface area contributed by atoms with Gasteiger partial charge in [0.15, 0.2) is 5.13 Å². The molecule has 8 heteroatoms. The predicted molar refractivity (Wildman–Crippen MR) is 132 cm³/mol. The largest absolute Gasteiger partial charge is 0.332 e. The molecule has 1 aromatic heterocycles. The summed E-state index contributed by atoms with van der Waals surface area (Å²) in [5, 5.41) is 3.81. The molecule has 0 amide bonds. The summed E-state index contributed by atoms with van der Waals surface area (Å²) in [4.78, 5) is 17.9. The van der Waals surface area contributed by atoms with E-state index < -0.39 is 10.0 Å². The highest BCUT2D eigenvalue weighted by atomic mass is 32.2. The average Bonchev–Trinajstić information content (AvgIpc) is 3.27. The van der Waals surface area contributed by atoms with Crippen molar-refractivity contribution < 1.29 is 13.2 Å². The van der Waals surface area contributed by atoms with E-state index in [1.807, 2.05) is 61.5 Å².